The number of rotatable bonds is 7. The number of nitrogens with one attached hydrogen (secondary N) is 1. The molecule has 0 saturated heterocycles. The van der Waals surface area contributed by atoms with Crippen LogP contribution in [0.2, 0.25) is 5.02 Å². The number of amides is 1. The van der Waals surface area contributed by atoms with Gasteiger partial charge in [-0.3, -0.25) is 14.9 Å². The van der Waals surface area contributed by atoms with Crippen molar-refractivity contribution in [3.8, 4) is 5.75 Å². The van der Waals surface area contributed by atoms with Crippen molar-refractivity contribution in [3.63, 3.8) is 0 Å². The first-order chi connectivity index (χ1) is 15.2. The number of non-ortho nitro benzene ring substituents is 1. The van der Waals surface area contributed by atoms with Gasteiger partial charge in [0.2, 0.25) is 0 Å². The quantitative estimate of drug-likeness (QED) is 0.203. The highest BCUT2D eigenvalue weighted by molar-refractivity contribution is 9.10. The molecule has 164 valence electrons. The number of carbonyl (C=O) groups excluding carboxylic acids is 1. The Hall–Kier alpha value is -3.28. The molecule has 0 spiro atoms. The minimum absolute atomic E-state index is 0.0627. The molecule has 0 heterocycles. The molecule has 3 aromatic rings. The summed E-state index contributed by atoms with van der Waals surface area (Å²) >= 11 is 9.14. The van der Waals surface area contributed by atoms with E-state index < -0.39 is 20.9 Å². The Morgan fingerprint density at radius 2 is 1.84 bits per heavy atom. The van der Waals surface area contributed by atoms with Gasteiger partial charge >= 0.3 is 10.1 Å². The Labute approximate surface area is 196 Å². The smallest absolute Gasteiger partial charge is 0.339 e. The minimum atomic E-state index is -4.28. The summed E-state index contributed by atoms with van der Waals surface area (Å²) in [6.45, 7) is 0. The Morgan fingerprint density at radius 3 is 2.50 bits per heavy atom. The number of nitro benzene ring substituents is 1. The molecule has 0 aliphatic heterocycles. The topological polar surface area (TPSA) is 128 Å². The molecule has 9 nitrogen and oxygen atoms in total. The molecule has 0 radical (unpaired) electrons. The molecule has 0 atom stereocenters. The van der Waals surface area contributed by atoms with E-state index >= 15 is 0 Å². The second kappa shape index (κ2) is 9.90. The number of nitrogens with zero attached hydrogens (tertiary/aromatic N) is 2. The van der Waals surface area contributed by atoms with Crippen LogP contribution in [0.25, 0.3) is 0 Å². The van der Waals surface area contributed by atoms with E-state index in [0.29, 0.717) is 15.1 Å². The van der Waals surface area contributed by atoms with Crippen molar-refractivity contribution in [1.29, 1.82) is 0 Å². The van der Waals surface area contributed by atoms with Crippen LogP contribution < -0.4 is 9.61 Å². The lowest BCUT2D eigenvalue weighted by Gasteiger charge is -2.10. The minimum Gasteiger partial charge on any atom is -0.378 e. The Bertz CT molecular complexity index is 1310. The van der Waals surface area contributed by atoms with E-state index in [-0.39, 0.29) is 21.9 Å². The largest absolute Gasteiger partial charge is 0.378 e. The first-order valence-corrected chi connectivity index (χ1v) is 11.3. The fourth-order valence-electron chi connectivity index (χ4n) is 2.45. The summed E-state index contributed by atoms with van der Waals surface area (Å²) in [6.07, 6.45) is 1.22. The highest BCUT2D eigenvalue weighted by Crippen LogP contribution is 2.26. The summed E-state index contributed by atoms with van der Waals surface area (Å²) in [6, 6.07) is 15.0. The lowest BCUT2D eigenvalue weighted by molar-refractivity contribution is -0.384. The van der Waals surface area contributed by atoms with Gasteiger partial charge in [0.1, 0.15) is 4.90 Å². The van der Waals surface area contributed by atoms with E-state index in [1.807, 2.05) is 0 Å². The van der Waals surface area contributed by atoms with Crippen molar-refractivity contribution in [3.05, 3.63) is 97.5 Å². The molecule has 0 saturated carbocycles. The van der Waals surface area contributed by atoms with Crippen molar-refractivity contribution in [2.24, 2.45) is 5.10 Å². The molecule has 0 aromatic heterocycles. The van der Waals surface area contributed by atoms with Crippen molar-refractivity contribution in [1.82, 2.24) is 5.43 Å². The van der Waals surface area contributed by atoms with Gasteiger partial charge in [-0.15, -0.1) is 0 Å². The highest BCUT2D eigenvalue weighted by atomic mass is 79.9. The van der Waals surface area contributed by atoms with E-state index in [0.717, 1.165) is 24.3 Å². The maximum Gasteiger partial charge on any atom is 0.339 e. The molecule has 12 heteroatoms. The van der Waals surface area contributed by atoms with Crippen LogP contribution in [0.5, 0.6) is 5.75 Å². The third-order valence-corrected chi connectivity index (χ3v) is 5.94. The van der Waals surface area contributed by atoms with Crippen molar-refractivity contribution < 1.29 is 22.3 Å². The molecule has 0 aliphatic rings. The van der Waals surface area contributed by atoms with Crippen LogP contribution >= 0.6 is 27.5 Å². The average Bonchev–Trinajstić information content (AvgIpc) is 2.75. The van der Waals surface area contributed by atoms with E-state index in [2.05, 4.69) is 26.5 Å². The zero-order valence-corrected chi connectivity index (χ0v) is 19.1. The lowest BCUT2D eigenvalue weighted by Crippen LogP contribution is -2.17. The van der Waals surface area contributed by atoms with Gasteiger partial charge in [0.25, 0.3) is 11.6 Å². The molecule has 0 bridgehead atoms. The molecule has 0 unspecified atom stereocenters. The van der Waals surface area contributed by atoms with Crippen LogP contribution in [0.1, 0.15) is 15.9 Å². The molecule has 3 rings (SSSR count). The van der Waals surface area contributed by atoms with Crippen molar-refractivity contribution >= 4 is 55.5 Å². The Kier molecular flexibility index (Phi) is 7.23. The third kappa shape index (κ3) is 5.90. The van der Waals surface area contributed by atoms with Gasteiger partial charge in [-0.05, 0) is 48.5 Å². The van der Waals surface area contributed by atoms with Gasteiger partial charge < -0.3 is 4.18 Å². The monoisotopic (exact) mass is 537 g/mol. The van der Waals surface area contributed by atoms with Gasteiger partial charge in [0.15, 0.2) is 5.75 Å². The van der Waals surface area contributed by atoms with Gasteiger partial charge in [-0.25, -0.2) is 5.43 Å². The maximum absolute atomic E-state index is 12.6. The normalized spacial score (nSPS) is 11.3. The predicted molar refractivity (Wildman–Crippen MR) is 122 cm³/mol. The number of benzene rings is 3. The zero-order chi connectivity index (χ0) is 23.3. The highest BCUT2D eigenvalue weighted by Gasteiger charge is 2.20. The third-order valence-electron chi connectivity index (χ3n) is 3.96. The summed E-state index contributed by atoms with van der Waals surface area (Å²) in [4.78, 5) is 22.0. The number of hydrazone groups is 1. The first-order valence-electron chi connectivity index (χ1n) is 8.73. The van der Waals surface area contributed by atoms with Gasteiger partial charge in [0.05, 0.1) is 11.1 Å². The molecule has 32 heavy (non-hydrogen) atoms. The van der Waals surface area contributed by atoms with E-state index in [4.69, 9.17) is 15.8 Å². The summed E-state index contributed by atoms with van der Waals surface area (Å²) in [5.41, 5.74) is 2.61. The van der Waals surface area contributed by atoms with Crippen LogP contribution in [0.3, 0.4) is 0 Å². The summed E-state index contributed by atoms with van der Waals surface area (Å²) in [5.74, 6) is -0.577. The summed E-state index contributed by atoms with van der Waals surface area (Å²) in [7, 11) is -4.28. The van der Waals surface area contributed by atoms with E-state index in [1.165, 1.54) is 24.4 Å². The fourth-order valence-corrected chi connectivity index (χ4v) is 3.97. The second-order valence-electron chi connectivity index (χ2n) is 6.18. The van der Waals surface area contributed by atoms with Gasteiger partial charge in [-0.2, -0.15) is 13.5 Å². The van der Waals surface area contributed by atoms with Crippen molar-refractivity contribution in [2.75, 3.05) is 0 Å². The van der Waals surface area contributed by atoms with Crippen LogP contribution in [0.15, 0.2) is 81.2 Å². The predicted octanol–water partition coefficient (Wildman–Crippen LogP) is 4.54. The number of halogens is 2. The van der Waals surface area contributed by atoms with Crippen LogP contribution in [0, 0.1) is 10.1 Å². The van der Waals surface area contributed by atoms with E-state index in [9.17, 15) is 23.3 Å². The van der Waals surface area contributed by atoms with Crippen LogP contribution in [-0.2, 0) is 10.1 Å². The maximum atomic E-state index is 12.6. The van der Waals surface area contributed by atoms with Crippen LogP contribution in [0.4, 0.5) is 5.69 Å². The number of hydrogen-bond donors (Lipinski definition) is 1. The number of carbonyl (C=O) groups is 1. The van der Waals surface area contributed by atoms with Gasteiger partial charge in [0, 0.05) is 32.8 Å². The second-order valence-corrected chi connectivity index (χ2v) is 9.08. The molecular formula is C20H13BrClN3O6S. The molecule has 1 amide bonds. The van der Waals surface area contributed by atoms with Crippen LogP contribution in [-0.4, -0.2) is 25.5 Å². The average molecular weight is 539 g/mol. The SMILES string of the molecule is O=C(N/N=C\c1cc(Br)ccc1OS(=O)(=O)c1ccc([N+](=O)[O-])cc1)c1cccc(Cl)c1. The molecule has 3 aromatic carbocycles. The molecule has 1 N–H and O–H groups in total. The number of nitro groups is 1. The fraction of sp³-hybridized carbons (Fsp3) is 0. The van der Waals surface area contributed by atoms with E-state index in [1.54, 1.807) is 24.3 Å². The summed E-state index contributed by atoms with van der Waals surface area (Å²) in [5, 5.41) is 15.0. The Morgan fingerprint density at radius 1 is 1.12 bits per heavy atom. The Balaban J connectivity index is 1.80. The zero-order valence-electron chi connectivity index (χ0n) is 15.9. The molecule has 0 aliphatic carbocycles. The molecular weight excluding hydrogens is 526 g/mol. The molecule has 0 fully saturated rings. The standard InChI is InChI=1S/C20H13BrClN3O6S/c21-15-4-9-19(31-32(29,30)18-7-5-17(6-8-18)25(27)28)14(10-15)12-23-24-20(26)13-2-1-3-16(22)11-13/h1-12H,(H,24,26)/b23-12-. The number of hydrogen-bond acceptors (Lipinski definition) is 7. The van der Waals surface area contributed by atoms with Crippen molar-refractivity contribution in [2.45, 2.75) is 4.90 Å². The lowest BCUT2D eigenvalue weighted by atomic mass is 10.2. The summed E-state index contributed by atoms with van der Waals surface area (Å²) < 4.78 is 31.0. The van der Waals surface area contributed by atoms with Gasteiger partial charge in [-0.1, -0.05) is 33.6 Å². The first kappa shape index (κ1) is 23.4.